The number of fused-ring (bicyclic) bond motifs is 1. The summed E-state index contributed by atoms with van der Waals surface area (Å²) in [4.78, 5) is 26.8. The first-order valence-electron chi connectivity index (χ1n) is 11.7. The van der Waals surface area contributed by atoms with E-state index in [1.807, 2.05) is 98.0 Å². The van der Waals surface area contributed by atoms with E-state index in [9.17, 15) is 4.79 Å². The molecule has 0 saturated carbocycles. The lowest BCUT2D eigenvalue weighted by atomic mass is 9.52. The van der Waals surface area contributed by atoms with Gasteiger partial charge in [0.25, 0.3) is 5.91 Å². The third-order valence-electron chi connectivity index (χ3n) is 6.52. The minimum atomic E-state index is -0.325. The summed E-state index contributed by atoms with van der Waals surface area (Å²) < 4.78 is 8.25. The van der Waals surface area contributed by atoms with Crippen LogP contribution in [0.5, 0.6) is 5.75 Å². The van der Waals surface area contributed by atoms with Gasteiger partial charge in [0.2, 0.25) is 0 Å². The summed E-state index contributed by atoms with van der Waals surface area (Å²) in [6.45, 7) is 1.96. The standard InChI is InChI=1S/C21H26B7N5O2/c1-8-29-7-12(33(8)2)10-3-9-4-13(31-6-11(9)30-5-10)32-20(34)14-15(22)17(24)19(18(25)16(14)23)35-21(26,27)28/h3-7H,22-28H2,1-2H3,(H,31,32,34). The van der Waals surface area contributed by atoms with E-state index in [1.165, 1.54) is 0 Å². The number of carbonyl (C=O) groups excluding carboxylic acids is 1. The number of nitrogens with one attached hydrogen (secondary N) is 1. The van der Waals surface area contributed by atoms with E-state index in [0.29, 0.717) is 11.4 Å². The number of nitrogens with zero attached hydrogens (tertiary/aromatic N) is 4. The molecule has 0 spiro atoms. The van der Waals surface area contributed by atoms with Gasteiger partial charge in [0.05, 0.1) is 23.6 Å². The summed E-state index contributed by atoms with van der Waals surface area (Å²) in [5.41, 5.74) is 7.10. The lowest BCUT2D eigenvalue weighted by Crippen LogP contribution is -2.51. The van der Waals surface area contributed by atoms with Crippen LogP contribution in [0.4, 0.5) is 5.82 Å². The van der Waals surface area contributed by atoms with Crippen LogP contribution in [0.25, 0.3) is 22.2 Å². The van der Waals surface area contributed by atoms with E-state index < -0.39 is 0 Å². The number of aromatic nitrogens is 4. The predicted molar refractivity (Wildman–Crippen MR) is 163 cm³/mol. The van der Waals surface area contributed by atoms with Crippen LogP contribution in [0.2, 0.25) is 0 Å². The number of pyridine rings is 2. The first-order chi connectivity index (χ1) is 16.4. The van der Waals surface area contributed by atoms with Crippen LogP contribution in [0.15, 0.2) is 30.7 Å². The minimum Gasteiger partial charge on any atom is -0.515 e. The molecular formula is C21H26B7N5O2. The van der Waals surface area contributed by atoms with Gasteiger partial charge in [0.15, 0.2) is 0 Å². The number of ether oxygens (including phenoxy) is 1. The normalized spacial score (nSPS) is 11.5. The van der Waals surface area contributed by atoms with Crippen molar-refractivity contribution in [1.29, 1.82) is 0 Å². The monoisotopic (exact) mass is 457 g/mol. The molecule has 0 fully saturated rings. The zero-order valence-electron chi connectivity index (χ0n) is 22.0. The Morgan fingerprint density at radius 2 is 1.60 bits per heavy atom. The van der Waals surface area contributed by atoms with Gasteiger partial charge in [-0.1, -0.05) is 21.9 Å². The van der Waals surface area contributed by atoms with Crippen molar-refractivity contribution in [3.05, 3.63) is 42.1 Å². The molecule has 3 aromatic heterocycles. The fourth-order valence-corrected chi connectivity index (χ4v) is 4.27. The molecule has 1 amide bonds. The number of carbonyl (C=O) groups is 1. The topological polar surface area (TPSA) is 81.9 Å². The smallest absolute Gasteiger partial charge is 0.255 e. The fourth-order valence-electron chi connectivity index (χ4n) is 4.27. The quantitative estimate of drug-likeness (QED) is 0.303. The summed E-state index contributed by atoms with van der Waals surface area (Å²) in [5.74, 6) is 2.06. The van der Waals surface area contributed by atoms with Crippen LogP contribution in [0.1, 0.15) is 16.2 Å². The van der Waals surface area contributed by atoms with Gasteiger partial charge in [-0.2, -0.15) is 0 Å². The van der Waals surface area contributed by atoms with Crippen LogP contribution in [0, 0.1) is 6.92 Å². The zero-order chi connectivity index (χ0) is 25.7. The molecule has 4 rings (SSSR count). The van der Waals surface area contributed by atoms with E-state index in [2.05, 4.69) is 20.3 Å². The highest BCUT2D eigenvalue weighted by atomic mass is 16.5. The molecule has 14 heteroatoms. The largest absolute Gasteiger partial charge is 0.515 e. The minimum absolute atomic E-state index is 0.188. The van der Waals surface area contributed by atoms with Crippen LogP contribution in [-0.2, 0) is 7.05 Å². The molecule has 7 nitrogen and oxygen atoms in total. The van der Waals surface area contributed by atoms with Crippen molar-refractivity contribution in [2.24, 2.45) is 7.05 Å². The van der Waals surface area contributed by atoms with E-state index in [1.54, 1.807) is 6.20 Å². The van der Waals surface area contributed by atoms with Gasteiger partial charge in [-0.05, 0) is 19.1 Å². The van der Waals surface area contributed by atoms with Crippen molar-refractivity contribution in [3.8, 4) is 17.0 Å². The first-order valence-corrected chi connectivity index (χ1v) is 11.7. The Labute approximate surface area is 212 Å². The number of imidazole rings is 1. The maximum Gasteiger partial charge on any atom is 0.255 e. The lowest BCUT2D eigenvalue weighted by molar-refractivity contribution is 0.102. The fraction of sp³-hybridized carbons (Fsp3) is 0.143. The van der Waals surface area contributed by atoms with Gasteiger partial charge in [0, 0.05) is 35.1 Å². The molecule has 0 radical (unpaired) electrons. The van der Waals surface area contributed by atoms with Crippen molar-refractivity contribution in [2.75, 3.05) is 5.32 Å². The lowest BCUT2D eigenvalue weighted by Gasteiger charge is -2.28. The van der Waals surface area contributed by atoms with E-state index in [0.717, 1.165) is 55.6 Å². The molecule has 0 atom stereocenters. The number of anilines is 1. The number of benzene rings is 1. The summed E-state index contributed by atoms with van der Waals surface area (Å²) in [6.07, 6.45) is 5.34. The summed E-state index contributed by atoms with van der Waals surface area (Å²) >= 11 is 0. The number of aryl methyl sites for hydroxylation is 1. The third-order valence-corrected chi connectivity index (χ3v) is 6.52. The molecule has 168 valence electrons. The molecule has 0 aliphatic rings. The second-order valence-corrected chi connectivity index (χ2v) is 10.1. The van der Waals surface area contributed by atoms with Gasteiger partial charge < -0.3 is 14.6 Å². The number of hydrogen-bond donors (Lipinski definition) is 1. The maximum atomic E-state index is 13.4. The second-order valence-electron chi connectivity index (χ2n) is 10.1. The molecule has 0 saturated heterocycles. The molecule has 1 aromatic carbocycles. The van der Waals surface area contributed by atoms with Crippen LogP contribution < -0.4 is 31.9 Å². The first kappa shape index (κ1) is 24.8. The Balaban J connectivity index is 1.69. The summed E-state index contributed by atoms with van der Waals surface area (Å²) in [5, 5.41) is 3.56. The van der Waals surface area contributed by atoms with Crippen molar-refractivity contribution in [2.45, 2.75) is 12.2 Å². The molecule has 0 aliphatic carbocycles. The molecular weight excluding hydrogens is 430 g/mol. The molecule has 0 aliphatic heterocycles. The van der Waals surface area contributed by atoms with Gasteiger partial charge in [0.1, 0.15) is 72.3 Å². The number of amides is 1. The third kappa shape index (κ3) is 4.79. The maximum absolute atomic E-state index is 13.4. The Hall–Kier alpha value is -3.29. The van der Waals surface area contributed by atoms with Crippen molar-refractivity contribution >= 4 is 99.4 Å². The van der Waals surface area contributed by atoms with Crippen LogP contribution in [0.3, 0.4) is 0 Å². The van der Waals surface area contributed by atoms with Crippen LogP contribution >= 0.6 is 0 Å². The SMILES string of the molecule is Bc1c(B)c(C(=O)Nc2cc3cc(-c4cnc(C)n4C)cnc3cn2)c(B)c(B)c1OC(B)(B)B. The van der Waals surface area contributed by atoms with Gasteiger partial charge >= 0.3 is 0 Å². The second kappa shape index (κ2) is 9.06. The molecule has 35 heavy (non-hydrogen) atoms. The Bertz CT molecular complexity index is 1450. The zero-order valence-corrected chi connectivity index (χ0v) is 22.0. The van der Waals surface area contributed by atoms with Crippen molar-refractivity contribution in [1.82, 2.24) is 19.5 Å². The molecule has 3 heterocycles. The number of hydrogen-bond acceptors (Lipinski definition) is 5. The Morgan fingerprint density at radius 3 is 2.17 bits per heavy atom. The van der Waals surface area contributed by atoms with E-state index in [4.69, 9.17) is 4.74 Å². The molecule has 0 unspecified atom stereocenters. The molecule has 1 N–H and O–H groups in total. The van der Waals surface area contributed by atoms with Crippen molar-refractivity contribution < 1.29 is 9.53 Å². The van der Waals surface area contributed by atoms with E-state index >= 15 is 0 Å². The van der Waals surface area contributed by atoms with Gasteiger partial charge in [-0.15, -0.1) is 0 Å². The van der Waals surface area contributed by atoms with Crippen LogP contribution in [-0.4, -0.2) is 85.6 Å². The average Bonchev–Trinajstić information content (AvgIpc) is 3.12. The van der Waals surface area contributed by atoms with Crippen molar-refractivity contribution in [3.63, 3.8) is 0 Å². The van der Waals surface area contributed by atoms with E-state index in [-0.39, 0.29) is 11.2 Å². The van der Waals surface area contributed by atoms with Gasteiger partial charge in [-0.3, -0.25) is 9.78 Å². The highest BCUT2D eigenvalue weighted by Gasteiger charge is 2.23. The highest BCUT2D eigenvalue weighted by molar-refractivity contribution is 6.62. The highest BCUT2D eigenvalue weighted by Crippen LogP contribution is 2.24. The molecule has 4 aromatic rings. The van der Waals surface area contributed by atoms with Gasteiger partial charge in [-0.25, -0.2) is 9.97 Å². The Morgan fingerprint density at radius 1 is 0.943 bits per heavy atom. The summed E-state index contributed by atoms with van der Waals surface area (Å²) in [7, 11) is 16.0. The predicted octanol–water partition coefficient (Wildman–Crippen LogP) is -6.49. The summed E-state index contributed by atoms with van der Waals surface area (Å²) in [6, 6.07) is 3.90. The number of rotatable bonds is 5. The Kier molecular flexibility index (Phi) is 6.43. The molecule has 0 bridgehead atoms. The average molecular weight is 456 g/mol.